The summed E-state index contributed by atoms with van der Waals surface area (Å²) in [7, 11) is 0. The zero-order chi connectivity index (χ0) is 46.9. The van der Waals surface area contributed by atoms with Crippen LogP contribution in [0.2, 0.25) is 0 Å². The van der Waals surface area contributed by atoms with Crippen LogP contribution in [0.3, 0.4) is 0 Å². The van der Waals surface area contributed by atoms with Crippen LogP contribution in [0.1, 0.15) is 45.0 Å². The lowest BCUT2D eigenvalue weighted by molar-refractivity contribution is -0.567. The number of rotatable bonds is 8. The van der Waals surface area contributed by atoms with Gasteiger partial charge in [-0.05, 0) is 112 Å². The number of aryl methyl sites for hydroxylation is 2. The van der Waals surface area contributed by atoms with Crippen molar-refractivity contribution >= 4 is 43.9 Å². The summed E-state index contributed by atoms with van der Waals surface area (Å²) >= 11 is 0. The van der Waals surface area contributed by atoms with E-state index in [9.17, 15) is 0 Å². The molecule has 0 saturated heterocycles. The fourth-order valence-electron chi connectivity index (χ4n) is 10.6. The van der Waals surface area contributed by atoms with Gasteiger partial charge in [-0.15, -0.1) is 0 Å². The van der Waals surface area contributed by atoms with Gasteiger partial charge in [-0.2, -0.15) is 9.13 Å². The van der Waals surface area contributed by atoms with Gasteiger partial charge in [0.25, 0.3) is 6.33 Å². The van der Waals surface area contributed by atoms with Crippen LogP contribution in [0.5, 0.6) is 11.5 Å². The maximum Gasteiger partial charge on any atom is 0.255 e. The Morgan fingerprint density at radius 1 is 0.543 bits per heavy atom. The summed E-state index contributed by atoms with van der Waals surface area (Å²) in [5, 5.41) is 2.33. The first-order chi connectivity index (χ1) is 34.3. The van der Waals surface area contributed by atoms with Gasteiger partial charge in [0.05, 0.1) is 22.1 Å². The average Bonchev–Trinajstić information content (AvgIpc) is 4.07. The zero-order valence-electron chi connectivity index (χ0n) is 39.5. The van der Waals surface area contributed by atoms with E-state index in [1.807, 2.05) is 12.3 Å². The van der Waals surface area contributed by atoms with E-state index in [2.05, 4.69) is 233 Å². The van der Waals surface area contributed by atoms with Gasteiger partial charge in [-0.25, -0.2) is 9.97 Å². The summed E-state index contributed by atoms with van der Waals surface area (Å²) < 4.78 is 16.2. The molecule has 1 aliphatic heterocycles. The monoisotopic (exact) mass is 907 g/mol. The van der Waals surface area contributed by atoms with Crippen molar-refractivity contribution in [2.24, 2.45) is 0 Å². The van der Waals surface area contributed by atoms with Crippen molar-refractivity contribution in [1.82, 2.24) is 23.7 Å². The van der Waals surface area contributed by atoms with Gasteiger partial charge in [0.15, 0.2) is 11.0 Å². The van der Waals surface area contributed by atoms with Gasteiger partial charge in [-0.3, -0.25) is 4.57 Å². The highest BCUT2D eigenvalue weighted by atomic mass is 16.5. The van der Waals surface area contributed by atoms with E-state index >= 15 is 0 Å². The summed E-state index contributed by atoms with van der Waals surface area (Å²) in [5.74, 6) is 3.55. The van der Waals surface area contributed by atoms with Crippen LogP contribution < -0.4 is 9.30 Å². The summed E-state index contributed by atoms with van der Waals surface area (Å²) in [5.41, 5.74) is 16.8. The molecular weight excluding hydrogens is 857 g/mol. The van der Waals surface area contributed by atoms with Crippen molar-refractivity contribution in [1.29, 1.82) is 0 Å². The fraction of sp³-hybridized carbons (Fsp3) is 0.127. The smallest absolute Gasteiger partial charge is 0.255 e. The maximum absolute atomic E-state index is 6.85. The molecule has 0 saturated carbocycles. The third-order valence-electron chi connectivity index (χ3n) is 14.2. The minimum absolute atomic E-state index is 0.0199. The summed E-state index contributed by atoms with van der Waals surface area (Å²) in [6, 6.07) is 69.5. The van der Waals surface area contributed by atoms with Crippen LogP contribution in [0.4, 0.5) is 0 Å². The van der Waals surface area contributed by atoms with Gasteiger partial charge in [-0.1, -0.05) is 130 Å². The van der Waals surface area contributed by atoms with Crippen molar-refractivity contribution in [2.45, 2.75) is 52.0 Å². The molecule has 0 spiro atoms. The molecular formula is C63H51N6O+. The van der Waals surface area contributed by atoms with Gasteiger partial charge in [0.1, 0.15) is 34.5 Å². The molecule has 13 rings (SSSR count). The van der Waals surface area contributed by atoms with Crippen molar-refractivity contribution in [3.05, 3.63) is 218 Å². The Bertz CT molecular complexity index is 3970. The molecule has 7 nitrogen and oxygen atoms in total. The van der Waals surface area contributed by atoms with Gasteiger partial charge in [0, 0.05) is 59.8 Å². The first-order valence-electron chi connectivity index (χ1n) is 24.4. The first kappa shape index (κ1) is 41.6. The number of fused-ring (bicyclic) bond motifs is 7. The number of ether oxygens (including phenoxy) is 1. The SMILES string of the molecule is CC(C)(C)c1ccnc(-n2c3ccccc3c3ccc(Oc4cccc(-n5c[n+](-c6ccc(-c7ccccc7)cc6-c6cccc(-c7ccccc7)c6)c6cc7c(cc65)nc5n7CCCC5)c4)cc32)c1. The number of aromatic nitrogens is 6. The Kier molecular flexibility index (Phi) is 9.87. The third-order valence-corrected chi connectivity index (χ3v) is 14.2. The van der Waals surface area contributed by atoms with Crippen LogP contribution in [-0.4, -0.2) is 23.7 Å². The normalized spacial score (nSPS) is 12.8. The van der Waals surface area contributed by atoms with Gasteiger partial charge in [0.2, 0.25) is 0 Å². The minimum atomic E-state index is -0.0199. The Morgan fingerprint density at radius 2 is 1.27 bits per heavy atom. The quantitative estimate of drug-likeness (QED) is 0.143. The largest absolute Gasteiger partial charge is 0.457 e. The molecule has 0 N–H and O–H groups in total. The number of para-hydroxylation sites is 1. The lowest BCUT2D eigenvalue weighted by Crippen LogP contribution is -2.30. The molecule has 7 heteroatoms. The molecule has 0 radical (unpaired) electrons. The highest BCUT2D eigenvalue weighted by molar-refractivity contribution is 6.09. The number of hydrogen-bond donors (Lipinski definition) is 0. The van der Waals surface area contributed by atoms with Crippen molar-refractivity contribution in [3.63, 3.8) is 0 Å². The standard InChI is InChI=1S/C63H51N6O/c1-63(2,3)47-31-32-64-62(36-47)69-56-25-11-10-24-51(56)52-29-28-50(38-57(52)69)70-49-23-15-22-48(37-49)67-41-68(60-40-58-54(39-59(60)67)65-61-26-12-13-33-66(58)61)55-30-27-45(43-18-8-5-9-19-43)35-53(55)46-21-14-20-44(34-46)42-16-6-4-7-17-42/h4-11,14-25,27-32,34-41H,12-13,26,33H2,1-3H3/q+1. The molecule has 70 heavy (non-hydrogen) atoms. The lowest BCUT2D eigenvalue weighted by atomic mass is 9.88. The Hall–Kier alpha value is -8.55. The number of hydrogen-bond acceptors (Lipinski definition) is 3. The van der Waals surface area contributed by atoms with Gasteiger partial charge < -0.3 is 9.30 Å². The van der Waals surface area contributed by atoms with E-state index in [1.54, 1.807) is 0 Å². The topological polar surface area (TPSA) is 53.7 Å². The zero-order valence-corrected chi connectivity index (χ0v) is 39.5. The first-order valence-corrected chi connectivity index (χ1v) is 24.4. The highest BCUT2D eigenvalue weighted by Crippen LogP contribution is 2.38. The van der Waals surface area contributed by atoms with Gasteiger partial charge >= 0.3 is 0 Å². The summed E-state index contributed by atoms with van der Waals surface area (Å²) in [6.07, 6.45) is 7.48. The molecule has 1 aliphatic rings. The molecule has 0 unspecified atom stereocenters. The Morgan fingerprint density at radius 3 is 2.10 bits per heavy atom. The Balaban J connectivity index is 0.962. The number of imidazole rings is 2. The second kappa shape index (κ2) is 16.6. The second-order valence-corrected chi connectivity index (χ2v) is 19.7. The lowest BCUT2D eigenvalue weighted by Gasteiger charge is -2.20. The Labute approximate surface area is 407 Å². The van der Waals surface area contributed by atoms with E-state index in [0.717, 1.165) is 98.6 Å². The molecule has 0 fully saturated rings. The van der Waals surface area contributed by atoms with Crippen LogP contribution in [-0.2, 0) is 18.4 Å². The van der Waals surface area contributed by atoms with Crippen LogP contribution >= 0.6 is 0 Å². The molecule has 4 aromatic heterocycles. The number of pyridine rings is 1. The van der Waals surface area contributed by atoms with E-state index in [4.69, 9.17) is 14.7 Å². The summed E-state index contributed by atoms with van der Waals surface area (Å²) in [4.78, 5) is 10.1. The van der Waals surface area contributed by atoms with E-state index in [-0.39, 0.29) is 5.41 Å². The van der Waals surface area contributed by atoms with Crippen LogP contribution in [0, 0.1) is 0 Å². The van der Waals surface area contributed by atoms with E-state index < -0.39 is 0 Å². The van der Waals surface area contributed by atoms with E-state index in [0.29, 0.717) is 0 Å². The van der Waals surface area contributed by atoms with E-state index in [1.165, 1.54) is 44.5 Å². The third kappa shape index (κ3) is 7.24. The molecule has 8 aromatic carbocycles. The summed E-state index contributed by atoms with van der Waals surface area (Å²) in [6.45, 7) is 7.70. The van der Waals surface area contributed by atoms with Crippen molar-refractivity contribution in [3.8, 4) is 62.1 Å². The fourth-order valence-corrected chi connectivity index (χ4v) is 10.6. The molecule has 0 atom stereocenters. The predicted molar refractivity (Wildman–Crippen MR) is 285 cm³/mol. The number of benzene rings is 8. The molecule has 0 amide bonds. The molecule has 0 aliphatic carbocycles. The van der Waals surface area contributed by atoms with Crippen molar-refractivity contribution < 1.29 is 9.30 Å². The van der Waals surface area contributed by atoms with Crippen LogP contribution in [0.25, 0.3) is 94.4 Å². The van der Waals surface area contributed by atoms with Crippen molar-refractivity contribution in [2.75, 3.05) is 0 Å². The number of nitrogens with zero attached hydrogens (tertiary/aromatic N) is 6. The molecule has 0 bridgehead atoms. The average molecular weight is 908 g/mol. The molecule has 338 valence electrons. The second-order valence-electron chi connectivity index (χ2n) is 19.7. The molecule has 5 heterocycles. The highest BCUT2D eigenvalue weighted by Gasteiger charge is 2.27. The van der Waals surface area contributed by atoms with Crippen LogP contribution in [0.15, 0.2) is 207 Å². The minimum Gasteiger partial charge on any atom is -0.457 e. The maximum atomic E-state index is 6.85. The molecule has 12 aromatic rings. The predicted octanol–water partition coefficient (Wildman–Crippen LogP) is 15.2.